The molecule has 1 aromatic rings. The molecule has 12 heavy (non-hydrogen) atoms. The largest absolute Gasteiger partial charge is 0.624 e. The van der Waals surface area contributed by atoms with Crippen molar-refractivity contribution < 1.29 is 4.74 Å². The molecule has 0 aliphatic heterocycles. The first-order valence-corrected chi connectivity index (χ1v) is 3.99. The molecule has 0 radical (unpaired) electrons. The monoisotopic (exact) mass is 162 g/mol. The number of rotatable bonds is 0. The summed E-state index contributed by atoms with van der Waals surface area (Å²) in [6, 6.07) is 1.91. The maximum absolute atomic E-state index is 11.1. The number of fused-ring (bicyclic) bond motifs is 1. The van der Waals surface area contributed by atoms with Gasteiger partial charge in [-0.2, -0.15) is 0 Å². The second kappa shape index (κ2) is 2.59. The van der Waals surface area contributed by atoms with Crippen LogP contribution in [0.15, 0.2) is 18.5 Å². The summed E-state index contributed by atoms with van der Waals surface area (Å²) in [6.07, 6.45) is 5.37. The zero-order valence-corrected chi connectivity index (χ0v) is 6.95. The Morgan fingerprint density at radius 1 is 1.50 bits per heavy atom. The number of pyridine rings is 1. The predicted octanol–water partition coefficient (Wildman–Crippen LogP) is 0.957. The van der Waals surface area contributed by atoms with Crippen molar-refractivity contribution in [2.24, 2.45) is 0 Å². The van der Waals surface area contributed by atoms with Gasteiger partial charge in [-0.05, 0) is 18.1 Å². The lowest BCUT2D eigenvalue weighted by atomic mass is 10.2. The van der Waals surface area contributed by atoms with Crippen molar-refractivity contribution in [3.63, 3.8) is 0 Å². The molecule has 3 heteroatoms. The summed E-state index contributed by atoms with van der Waals surface area (Å²) in [5.41, 5.74) is 3.14. The number of aryl methyl sites for hydroxylation is 1. The lowest BCUT2D eigenvalue weighted by molar-refractivity contribution is -0.423. The Balaban J connectivity index is 2.57. The van der Waals surface area contributed by atoms with Gasteiger partial charge in [-0.3, -0.25) is 4.98 Å². The standard InChI is InChI=1S/C9H10N2O/c1-11(12)9-3-2-7-6-10-5-4-8(7)9/h4-6H,2-3H2,1H3. The summed E-state index contributed by atoms with van der Waals surface area (Å²) in [5.74, 6) is 0. The van der Waals surface area contributed by atoms with Gasteiger partial charge in [0.1, 0.15) is 7.05 Å². The van der Waals surface area contributed by atoms with Gasteiger partial charge in [-0.25, -0.2) is 4.74 Å². The molecule has 0 aromatic carbocycles. The molecule has 1 aliphatic carbocycles. The highest BCUT2D eigenvalue weighted by molar-refractivity contribution is 6.00. The average molecular weight is 162 g/mol. The van der Waals surface area contributed by atoms with Gasteiger partial charge in [0.05, 0.1) is 0 Å². The molecule has 0 N–H and O–H groups in total. The van der Waals surface area contributed by atoms with Gasteiger partial charge in [0.15, 0.2) is 5.71 Å². The molecule has 62 valence electrons. The number of hydrogen-bond donors (Lipinski definition) is 0. The van der Waals surface area contributed by atoms with E-state index in [0.29, 0.717) is 0 Å². The second-order valence-corrected chi connectivity index (χ2v) is 2.98. The second-order valence-electron chi connectivity index (χ2n) is 2.98. The van der Waals surface area contributed by atoms with Crippen LogP contribution < -0.4 is 0 Å². The molecule has 1 heterocycles. The van der Waals surface area contributed by atoms with Crippen LogP contribution in [0, 0.1) is 5.21 Å². The molecule has 0 saturated carbocycles. The van der Waals surface area contributed by atoms with Crippen LogP contribution in [0.2, 0.25) is 0 Å². The highest BCUT2D eigenvalue weighted by atomic mass is 16.5. The fourth-order valence-corrected chi connectivity index (χ4v) is 1.62. The van der Waals surface area contributed by atoms with Crippen LogP contribution in [-0.2, 0) is 6.42 Å². The lowest BCUT2D eigenvalue weighted by Gasteiger charge is -2.00. The summed E-state index contributed by atoms with van der Waals surface area (Å²) in [4.78, 5) is 4.02. The molecule has 0 atom stereocenters. The van der Waals surface area contributed by atoms with Gasteiger partial charge in [0.2, 0.25) is 0 Å². The van der Waals surface area contributed by atoms with E-state index in [0.717, 1.165) is 28.9 Å². The molecular formula is C9H10N2O. The quantitative estimate of drug-likeness (QED) is 0.324. The van der Waals surface area contributed by atoms with E-state index in [1.54, 1.807) is 13.2 Å². The van der Waals surface area contributed by atoms with Gasteiger partial charge in [0.25, 0.3) is 0 Å². The SMILES string of the molecule is C[N+]([O-])=C1CCc2cnccc21. The molecule has 0 amide bonds. The Morgan fingerprint density at radius 2 is 2.33 bits per heavy atom. The molecule has 0 bridgehead atoms. The van der Waals surface area contributed by atoms with E-state index < -0.39 is 0 Å². The first-order valence-electron chi connectivity index (χ1n) is 3.99. The van der Waals surface area contributed by atoms with E-state index in [1.165, 1.54) is 5.56 Å². The topological polar surface area (TPSA) is 39.0 Å². The number of hydroxylamine groups is 1. The zero-order valence-electron chi connectivity index (χ0n) is 6.95. The third-order valence-electron chi connectivity index (χ3n) is 2.23. The third kappa shape index (κ3) is 0.978. The molecule has 3 nitrogen and oxygen atoms in total. The van der Waals surface area contributed by atoms with Gasteiger partial charge >= 0.3 is 0 Å². The Morgan fingerprint density at radius 3 is 3.08 bits per heavy atom. The molecular weight excluding hydrogens is 152 g/mol. The highest BCUT2D eigenvalue weighted by Crippen LogP contribution is 2.20. The summed E-state index contributed by atoms with van der Waals surface area (Å²) >= 11 is 0. The van der Waals surface area contributed by atoms with Crippen LogP contribution in [0.3, 0.4) is 0 Å². The van der Waals surface area contributed by atoms with Crippen LogP contribution in [0.1, 0.15) is 17.5 Å². The summed E-state index contributed by atoms with van der Waals surface area (Å²) < 4.78 is 0.950. The van der Waals surface area contributed by atoms with E-state index in [1.807, 2.05) is 12.3 Å². The van der Waals surface area contributed by atoms with Gasteiger partial charge < -0.3 is 5.21 Å². The molecule has 2 rings (SSSR count). The van der Waals surface area contributed by atoms with E-state index >= 15 is 0 Å². The van der Waals surface area contributed by atoms with Crippen molar-refractivity contribution in [1.29, 1.82) is 0 Å². The Labute approximate surface area is 71.0 Å². The van der Waals surface area contributed by atoms with Crippen molar-refractivity contribution in [2.45, 2.75) is 12.8 Å². The van der Waals surface area contributed by atoms with E-state index in [9.17, 15) is 5.21 Å². The molecule has 0 spiro atoms. The smallest absolute Gasteiger partial charge is 0.194 e. The van der Waals surface area contributed by atoms with Crippen LogP contribution in [0.4, 0.5) is 0 Å². The normalized spacial score (nSPS) is 19.1. The van der Waals surface area contributed by atoms with Crippen LogP contribution in [0.25, 0.3) is 0 Å². The van der Waals surface area contributed by atoms with Crippen molar-refractivity contribution in [3.05, 3.63) is 34.8 Å². The van der Waals surface area contributed by atoms with Crippen LogP contribution >= 0.6 is 0 Å². The average Bonchev–Trinajstić information content (AvgIpc) is 2.47. The molecule has 0 fully saturated rings. The van der Waals surface area contributed by atoms with Gasteiger partial charge in [-0.1, -0.05) is 0 Å². The van der Waals surface area contributed by atoms with Crippen molar-refractivity contribution in [3.8, 4) is 0 Å². The minimum absolute atomic E-state index is 0.848. The Hall–Kier alpha value is -1.38. The maximum Gasteiger partial charge on any atom is 0.194 e. The molecule has 0 unspecified atom stereocenters. The first kappa shape index (κ1) is 7.28. The lowest BCUT2D eigenvalue weighted by Crippen LogP contribution is -2.09. The predicted molar refractivity (Wildman–Crippen MR) is 46.2 cm³/mol. The summed E-state index contributed by atoms with van der Waals surface area (Å²) in [6.45, 7) is 0. The van der Waals surface area contributed by atoms with E-state index in [2.05, 4.69) is 4.98 Å². The number of nitrogens with zero attached hydrogens (tertiary/aromatic N) is 2. The molecule has 1 aromatic heterocycles. The van der Waals surface area contributed by atoms with Crippen LogP contribution in [0.5, 0.6) is 0 Å². The summed E-state index contributed by atoms with van der Waals surface area (Å²) in [5, 5.41) is 11.1. The van der Waals surface area contributed by atoms with E-state index in [4.69, 9.17) is 0 Å². The zero-order chi connectivity index (χ0) is 8.55. The number of hydrogen-bond acceptors (Lipinski definition) is 2. The van der Waals surface area contributed by atoms with Crippen LogP contribution in [-0.4, -0.2) is 22.5 Å². The number of aromatic nitrogens is 1. The Bertz CT molecular complexity index is 340. The van der Waals surface area contributed by atoms with E-state index in [-0.39, 0.29) is 0 Å². The third-order valence-corrected chi connectivity index (χ3v) is 2.23. The first-order chi connectivity index (χ1) is 5.79. The van der Waals surface area contributed by atoms with Gasteiger partial charge in [0, 0.05) is 24.4 Å². The van der Waals surface area contributed by atoms with Crippen molar-refractivity contribution >= 4 is 5.71 Å². The fraction of sp³-hybridized carbons (Fsp3) is 0.333. The molecule has 0 saturated heterocycles. The maximum atomic E-state index is 11.1. The van der Waals surface area contributed by atoms with Gasteiger partial charge in [-0.15, -0.1) is 0 Å². The Kier molecular flexibility index (Phi) is 1.57. The fourth-order valence-electron chi connectivity index (χ4n) is 1.62. The minimum Gasteiger partial charge on any atom is -0.624 e. The van der Waals surface area contributed by atoms with Crippen molar-refractivity contribution in [1.82, 2.24) is 4.98 Å². The molecule has 1 aliphatic rings. The van der Waals surface area contributed by atoms with Crippen molar-refractivity contribution in [2.75, 3.05) is 7.05 Å². The highest BCUT2D eigenvalue weighted by Gasteiger charge is 2.22. The summed E-state index contributed by atoms with van der Waals surface area (Å²) in [7, 11) is 1.55. The minimum atomic E-state index is 0.848.